The molecule has 0 aliphatic carbocycles. The molecule has 0 amide bonds. The molecule has 0 saturated carbocycles. The normalized spacial score (nSPS) is 12.7. The Balaban J connectivity index is 0. The molecule has 0 spiro atoms. The summed E-state index contributed by atoms with van der Waals surface area (Å²) in [5.74, 6) is -0.174. The summed E-state index contributed by atoms with van der Waals surface area (Å²) in [5, 5.41) is 0. The summed E-state index contributed by atoms with van der Waals surface area (Å²) in [5.41, 5.74) is 0. The molecular formula is C82H158N2O9. The maximum atomic E-state index is 12.4. The Morgan fingerprint density at radius 1 is 0.312 bits per heavy atom. The molecule has 3 atom stereocenters. The zero-order chi connectivity index (χ0) is 68.2. The number of hydrogen-bond acceptors (Lipinski definition) is 11. The summed E-state index contributed by atoms with van der Waals surface area (Å²) in [7, 11) is 8.11. The minimum absolute atomic E-state index is 0.0205. The fraction of sp³-hybridized carbons (Fsp3) is 0.890. The van der Waals surface area contributed by atoms with E-state index in [0.29, 0.717) is 26.4 Å². The first-order valence-corrected chi connectivity index (χ1v) is 40.1. The van der Waals surface area contributed by atoms with Crippen LogP contribution in [0, 0.1) is 0 Å². The lowest BCUT2D eigenvalue weighted by Gasteiger charge is -2.18. The van der Waals surface area contributed by atoms with E-state index in [-0.39, 0.29) is 24.3 Å². The molecule has 0 aromatic carbocycles. The summed E-state index contributed by atoms with van der Waals surface area (Å²) in [4.78, 5) is 40.3. The van der Waals surface area contributed by atoms with Crippen LogP contribution in [0.5, 0.6) is 0 Å². The monoisotopic (exact) mass is 1320 g/mol. The van der Waals surface area contributed by atoms with Crippen LogP contribution in [0.3, 0.4) is 0 Å². The van der Waals surface area contributed by atoms with Crippen LogP contribution < -0.4 is 0 Å². The van der Waals surface area contributed by atoms with Gasteiger partial charge in [0.05, 0.1) is 19.8 Å². The van der Waals surface area contributed by atoms with Gasteiger partial charge < -0.3 is 38.2 Å². The average Bonchev–Trinajstić information content (AvgIpc) is 3.73. The minimum Gasteiger partial charge on any atom is -0.462 e. The van der Waals surface area contributed by atoms with E-state index in [1.165, 1.54) is 257 Å². The molecule has 0 N–H and O–H groups in total. The molecular weight excluding hydrogens is 1160 g/mol. The summed E-state index contributed by atoms with van der Waals surface area (Å²) in [6.45, 7) is 14.3. The van der Waals surface area contributed by atoms with Crippen LogP contribution in [-0.4, -0.2) is 114 Å². The minimum atomic E-state index is -0.570. The van der Waals surface area contributed by atoms with Gasteiger partial charge >= 0.3 is 18.3 Å². The van der Waals surface area contributed by atoms with Crippen molar-refractivity contribution in [2.24, 2.45) is 0 Å². The van der Waals surface area contributed by atoms with E-state index in [1.54, 1.807) is 0 Å². The molecule has 0 rings (SSSR count). The SMILES string of the molecule is CCCCC/C=C\C/C=C\CCCCCCCCC(COCCCCCCCC/C=C\C[C@@H](CCCCCC)OC(C)=O)OC(=O)OCCCN(C)C.CCCCCCCCCCCCCCCCCCCC(CCCCCCCCCC)OC(=O)OCCCN(C)C. The van der Waals surface area contributed by atoms with Gasteiger partial charge in [0.1, 0.15) is 18.3 Å². The van der Waals surface area contributed by atoms with Crippen LogP contribution >= 0.6 is 0 Å². The van der Waals surface area contributed by atoms with Crippen molar-refractivity contribution in [1.29, 1.82) is 0 Å². The van der Waals surface area contributed by atoms with Crippen molar-refractivity contribution < 1.29 is 42.8 Å². The van der Waals surface area contributed by atoms with Gasteiger partial charge in [-0.3, -0.25) is 4.79 Å². The third-order valence-corrected chi connectivity index (χ3v) is 17.7. The predicted octanol–water partition coefficient (Wildman–Crippen LogP) is 25.3. The van der Waals surface area contributed by atoms with Crippen LogP contribution in [0.4, 0.5) is 9.59 Å². The van der Waals surface area contributed by atoms with Crippen molar-refractivity contribution in [2.75, 3.05) is 67.7 Å². The number of nitrogens with zero attached hydrogens (tertiary/aromatic N) is 2. The van der Waals surface area contributed by atoms with Gasteiger partial charge in [-0.05, 0) is 144 Å². The molecule has 11 heteroatoms. The lowest BCUT2D eigenvalue weighted by atomic mass is 10.0. The van der Waals surface area contributed by atoms with Gasteiger partial charge in [0.15, 0.2) is 0 Å². The second-order valence-electron chi connectivity index (χ2n) is 27.8. The topological polar surface area (TPSA) is 113 Å². The zero-order valence-electron chi connectivity index (χ0n) is 63.4. The Morgan fingerprint density at radius 3 is 1.00 bits per heavy atom. The van der Waals surface area contributed by atoms with E-state index >= 15 is 0 Å². The fourth-order valence-corrected chi connectivity index (χ4v) is 11.8. The van der Waals surface area contributed by atoms with Crippen molar-refractivity contribution in [3.05, 3.63) is 36.5 Å². The molecule has 0 heterocycles. The zero-order valence-corrected chi connectivity index (χ0v) is 63.4. The van der Waals surface area contributed by atoms with E-state index in [1.807, 2.05) is 28.2 Å². The van der Waals surface area contributed by atoms with Gasteiger partial charge in [-0.25, -0.2) is 9.59 Å². The van der Waals surface area contributed by atoms with E-state index in [2.05, 4.69) is 74.0 Å². The molecule has 550 valence electrons. The van der Waals surface area contributed by atoms with Crippen LogP contribution in [0.1, 0.15) is 388 Å². The van der Waals surface area contributed by atoms with Crippen LogP contribution in [-0.2, 0) is 33.2 Å². The fourth-order valence-electron chi connectivity index (χ4n) is 11.8. The Bertz CT molecular complexity index is 1600. The maximum Gasteiger partial charge on any atom is 0.508 e. The van der Waals surface area contributed by atoms with Crippen molar-refractivity contribution >= 4 is 18.3 Å². The number of rotatable bonds is 71. The van der Waals surface area contributed by atoms with Gasteiger partial charge in [0.25, 0.3) is 0 Å². The number of ether oxygens (including phenoxy) is 6. The Morgan fingerprint density at radius 2 is 0.613 bits per heavy atom. The standard InChI is InChI=1S/C46H85NO6.C36H73NO3/c1-6-8-10-12-13-14-15-16-17-18-19-20-22-26-29-33-38-45(53-46(49)51-41-35-39-47(4)5)42-50-40-34-30-27-24-21-23-25-28-32-37-44(52-43(3)48)36-31-11-9-7-2;1-5-7-9-11-13-15-16-17-18-19-20-21-22-23-25-27-29-32-35(31-28-26-24-14-12-10-8-6-2)40-36(38)39-34-30-33-37(3)4/h13-14,16-17,28,32,44-45H,6-12,15,18-27,29-31,33-42H2,1-5H3;35H,5-34H2,1-4H3/b14-13-,17-16-,32-28-;/t44-,45?;/m1./s1. The highest BCUT2D eigenvalue weighted by atomic mass is 16.7. The lowest BCUT2D eigenvalue weighted by molar-refractivity contribution is -0.146. The molecule has 0 aromatic rings. The van der Waals surface area contributed by atoms with Crippen LogP contribution in [0.2, 0.25) is 0 Å². The quantitative estimate of drug-likeness (QED) is 0.0251. The van der Waals surface area contributed by atoms with Gasteiger partial charge in [-0.15, -0.1) is 0 Å². The first-order valence-electron chi connectivity index (χ1n) is 40.1. The van der Waals surface area contributed by atoms with Crippen molar-refractivity contribution in [1.82, 2.24) is 9.80 Å². The van der Waals surface area contributed by atoms with Gasteiger partial charge in [-0.2, -0.15) is 0 Å². The van der Waals surface area contributed by atoms with Crippen LogP contribution in [0.15, 0.2) is 36.5 Å². The van der Waals surface area contributed by atoms with Crippen molar-refractivity contribution in [2.45, 2.75) is 406 Å². The first-order chi connectivity index (χ1) is 45.5. The number of carbonyl (C=O) groups is 3. The predicted molar refractivity (Wildman–Crippen MR) is 400 cm³/mol. The summed E-state index contributed by atoms with van der Waals surface area (Å²) in [6, 6.07) is 0. The Labute approximate surface area is 578 Å². The molecule has 0 aromatic heterocycles. The summed E-state index contributed by atoms with van der Waals surface area (Å²) >= 11 is 0. The van der Waals surface area contributed by atoms with Crippen molar-refractivity contribution in [3.8, 4) is 0 Å². The van der Waals surface area contributed by atoms with E-state index in [9.17, 15) is 14.4 Å². The highest BCUT2D eigenvalue weighted by Gasteiger charge is 2.18. The molecule has 2 unspecified atom stereocenters. The summed E-state index contributed by atoms with van der Waals surface area (Å²) in [6.07, 6.45) is 80.3. The molecule has 0 saturated heterocycles. The maximum absolute atomic E-state index is 12.4. The average molecular weight is 1320 g/mol. The van der Waals surface area contributed by atoms with Crippen molar-refractivity contribution in [3.63, 3.8) is 0 Å². The molecule has 0 aliphatic rings. The first kappa shape index (κ1) is 92.2. The number of hydrogen-bond donors (Lipinski definition) is 0. The number of unbranched alkanes of at least 4 members (excludes halogenated alkanes) is 41. The third kappa shape index (κ3) is 79.7. The lowest BCUT2D eigenvalue weighted by Crippen LogP contribution is -2.25. The van der Waals surface area contributed by atoms with Gasteiger partial charge in [-0.1, -0.05) is 295 Å². The van der Waals surface area contributed by atoms with E-state index in [4.69, 9.17) is 28.4 Å². The molecule has 11 nitrogen and oxygen atoms in total. The Hall–Kier alpha value is -2.89. The second-order valence-corrected chi connectivity index (χ2v) is 27.8. The number of carbonyl (C=O) groups excluding carboxylic acids is 3. The third-order valence-electron chi connectivity index (χ3n) is 17.7. The highest BCUT2D eigenvalue weighted by Crippen LogP contribution is 2.21. The summed E-state index contributed by atoms with van der Waals surface area (Å²) < 4.78 is 33.7. The largest absolute Gasteiger partial charge is 0.508 e. The number of allylic oxidation sites excluding steroid dienone is 5. The molecule has 0 aliphatic heterocycles. The smallest absolute Gasteiger partial charge is 0.462 e. The van der Waals surface area contributed by atoms with Crippen LogP contribution in [0.25, 0.3) is 0 Å². The van der Waals surface area contributed by atoms with E-state index in [0.717, 1.165) is 116 Å². The van der Waals surface area contributed by atoms with E-state index < -0.39 is 12.3 Å². The molecule has 0 radical (unpaired) electrons. The highest BCUT2D eigenvalue weighted by molar-refractivity contribution is 5.66. The second kappa shape index (κ2) is 78.1. The molecule has 0 bridgehead atoms. The Kier molecular flexibility index (Phi) is 77.4. The number of esters is 1. The van der Waals surface area contributed by atoms with Gasteiger partial charge in [0, 0.05) is 33.0 Å². The van der Waals surface area contributed by atoms with Gasteiger partial charge in [0.2, 0.25) is 0 Å². The molecule has 0 fully saturated rings. The molecule has 93 heavy (non-hydrogen) atoms.